The molecule has 0 amide bonds. The van der Waals surface area contributed by atoms with E-state index in [2.05, 4.69) is 5.32 Å². The first-order valence-corrected chi connectivity index (χ1v) is 6.30. The first kappa shape index (κ1) is 13.3. The Labute approximate surface area is 110 Å². The molecule has 5 nitrogen and oxygen atoms in total. The number of benzene rings is 1. The molecule has 1 heterocycles. The van der Waals surface area contributed by atoms with Crippen molar-refractivity contribution in [2.24, 2.45) is 0 Å². The number of nitrogens with one attached hydrogen (secondary N) is 1. The molecule has 0 spiro atoms. The molecule has 18 heavy (non-hydrogen) atoms. The maximum absolute atomic E-state index is 10.6. The third-order valence-corrected chi connectivity index (χ3v) is 3.33. The van der Waals surface area contributed by atoms with Gasteiger partial charge < -0.3 is 10.1 Å². The van der Waals surface area contributed by atoms with Crippen molar-refractivity contribution in [1.29, 1.82) is 0 Å². The van der Waals surface area contributed by atoms with E-state index < -0.39 is 4.92 Å². The molecule has 1 aliphatic heterocycles. The molecule has 6 heteroatoms. The van der Waals surface area contributed by atoms with Crippen LogP contribution in [0.2, 0.25) is 5.02 Å². The van der Waals surface area contributed by atoms with E-state index in [1.165, 1.54) is 12.1 Å². The van der Waals surface area contributed by atoms with Gasteiger partial charge >= 0.3 is 0 Å². The Hall–Kier alpha value is -1.17. The predicted octanol–water partition coefficient (Wildman–Crippen LogP) is 2.52. The maximum atomic E-state index is 10.6. The molecule has 1 atom stereocenters. The zero-order chi connectivity index (χ0) is 13.0. The molecule has 0 aromatic heterocycles. The number of rotatable bonds is 4. The minimum Gasteiger partial charge on any atom is -0.372 e. The fraction of sp³-hybridized carbons (Fsp3) is 0.500. The molecule has 0 saturated carbocycles. The maximum Gasteiger partial charge on any atom is 0.270 e. The summed E-state index contributed by atoms with van der Waals surface area (Å²) in [7, 11) is 0. The monoisotopic (exact) mass is 270 g/mol. The molecule has 1 saturated heterocycles. The van der Waals surface area contributed by atoms with Crippen LogP contribution in [0.3, 0.4) is 0 Å². The first-order valence-electron chi connectivity index (χ1n) is 5.92. The summed E-state index contributed by atoms with van der Waals surface area (Å²) in [5, 5.41) is 14.2. The van der Waals surface area contributed by atoms with Crippen LogP contribution >= 0.6 is 11.6 Å². The highest BCUT2D eigenvalue weighted by Crippen LogP contribution is 2.23. The van der Waals surface area contributed by atoms with Gasteiger partial charge in [0.25, 0.3) is 5.69 Å². The third kappa shape index (κ3) is 3.41. The molecule has 2 rings (SSSR count). The minimum atomic E-state index is -0.457. The standard InChI is InChI=1S/C12H15ClN2O3/c13-12-6-10(15(16)17)4-3-9(12)8-18-11-2-1-5-14-7-11/h3-4,6,11,14H,1-2,5,7-8H2. The average Bonchev–Trinajstić information content (AvgIpc) is 2.38. The summed E-state index contributed by atoms with van der Waals surface area (Å²) in [4.78, 5) is 10.1. The summed E-state index contributed by atoms with van der Waals surface area (Å²) in [6.07, 6.45) is 2.35. The Bertz CT molecular complexity index is 433. The van der Waals surface area contributed by atoms with E-state index in [4.69, 9.17) is 16.3 Å². The van der Waals surface area contributed by atoms with Crippen LogP contribution in [0.4, 0.5) is 5.69 Å². The SMILES string of the molecule is O=[N+]([O-])c1ccc(COC2CCCNC2)c(Cl)c1. The zero-order valence-electron chi connectivity index (χ0n) is 9.89. The number of hydrogen-bond acceptors (Lipinski definition) is 4. The number of nitrogens with zero attached hydrogens (tertiary/aromatic N) is 1. The molecule has 1 aromatic rings. The van der Waals surface area contributed by atoms with Crippen molar-refractivity contribution in [3.8, 4) is 0 Å². The van der Waals surface area contributed by atoms with E-state index in [-0.39, 0.29) is 11.8 Å². The van der Waals surface area contributed by atoms with E-state index in [1.807, 2.05) is 0 Å². The second kappa shape index (κ2) is 6.13. The Balaban J connectivity index is 1.94. The fourth-order valence-corrected chi connectivity index (χ4v) is 2.17. The smallest absolute Gasteiger partial charge is 0.270 e. The van der Waals surface area contributed by atoms with E-state index >= 15 is 0 Å². The molecule has 98 valence electrons. The second-order valence-electron chi connectivity index (χ2n) is 4.31. The topological polar surface area (TPSA) is 64.4 Å². The molecule has 1 fully saturated rings. The highest BCUT2D eigenvalue weighted by molar-refractivity contribution is 6.31. The van der Waals surface area contributed by atoms with Crippen molar-refractivity contribution in [3.05, 3.63) is 38.9 Å². The summed E-state index contributed by atoms with van der Waals surface area (Å²) in [6.45, 7) is 2.28. The van der Waals surface area contributed by atoms with Crippen LogP contribution in [-0.2, 0) is 11.3 Å². The van der Waals surface area contributed by atoms with Gasteiger partial charge in [0, 0.05) is 18.7 Å². The highest BCUT2D eigenvalue weighted by Gasteiger charge is 2.15. The number of nitro groups is 1. The molecule has 1 aromatic carbocycles. The Kier molecular flexibility index (Phi) is 4.52. The number of halogens is 1. The van der Waals surface area contributed by atoms with Gasteiger partial charge in [-0.15, -0.1) is 0 Å². The largest absolute Gasteiger partial charge is 0.372 e. The average molecular weight is 271 g/mol. The summed E-state index contributed by atoms with van der Waals surface area (Å²) in [5.41, 5.74) is 0.788. The van der Waals surface area contributed by atoms with Gasteiger partial charge in [-0.05, 0) is 31.0 Å². The van der Waals surface area contributed by atoms with E-state index in [9.17, 15) is 10.1 Å². The molecule has 1 unspecified atom stereocenters. The molecular formula is C12H15ClN2O3. The third-order valence-electron chi connectivity index (χ3n) is 2.97. The van der Waals surface area contributed by atoms with Crippen molar-refractivity contribution in [3.63, 3.8) is 0 Å². The molecule has 0 aliphatic carbocycles. The number of ether oxygens (including phenoxy) is 1. The van der Waals surface area contributed by atoms with Gasteiger partial charge in [0.05, 0.1) is 22.7 Å². The van der Waals surface area contributed by atoms with Gasteiger partial charge in [0.15, 0.2) is 0 Å². The lowest BCUT2D eigenvalue weighted by atomic mass is 10.1. The van der Waals surface area contributed by atoms with Crippen molar-refractivity contribution in [1.82, 2.24) is 5.32 Å². The molecular weight excluding hydrogens is 256 g/mol. The molecule has 0 radical (unpaired) electrons. The number of non-ortho nitro benzene ring substituents is 1. The Morgan fingerprint density at radius 1 is 1.56 bits per heavy atom. The quantitative estimate of drug-likeness (QED) is 0.674. The van der Waals surface area contributed by atoms with Crippen molar-refractivity contribution in [2.75, 3.05) is 13.1 Å². The van der Waals surface area contributed by atoms with Gasteiger partial charge in [-0.2, -0.15) is 0 Å². The second-order valence-corrected chi connectivity index (χ2v) is 4.72. The van der Waals surface area contributed by atoms with E-state index in [1.54, 1.807) is 6.07 Å². The van der Waals surface area contributed by atoms with Crippen LogP contribution in [0.25, 0.3) is 0 Å². The van der Waals surface area contributed by atoms with Gasteiger partial charge in [-0.25, -0.2) is 0 Å². The first-order chi connectivity index (χ1) is 8.66. The van der Waals surface area contributed by atoms with Crippen LogP contribution in [0.15, 0.2) is 18.2 Å². The molecule has 0 bridgehead atoms. The molecule has 1 N–H and O–H groups in total. The lowest BCUT2D eigenvalue weighted by Crippen LogP contribution is -2.35. The summed E-state index contributed by atoms with van der Waals surface area (Å²) < 4.78 is 5.73. The van der Waals surface area contributed by atoms with Crippen LogP contribution < -0.4 is 5.32 Å². The number of nitro benzene ring substituents is 1. The summed E-state index contributed by atoms with van der Waals surface area (Å²) in [5.74, 6) is 0. The number of hydrogen-bond donors (Lipinski definition) is 1. The van der Waals surface area contributed by atoms with Gasteiger partial charge in [-0.3, -0.25) is 10.1 Å². The van der Waals surface area contributed by atoms with Crippen LogP contribution in [0, 0.1) is 10.1 Å². The van der Waals surface area contributed by atoms with Gasteiger partial charge in [0.1, 0.15) is 0 Å². The van der Waals surface area contributed by atoms with Crippen LogP contribution in [0.1, 0.15) is 18.4 Å². The zero-order valence-corrected chi connectivity index (χ0v) is 10.7. The normalized spacial score (nSPS) is 19.7. The predicted molar refractivity (Wildman–Crippen MR) is 68.8 cm³/mol. The van der Waals surface area contributed by atoms with Crippen molar-refractivity contribution < 1.29 is 9.66 Å². The van der Waals surface area contributed by atoms with Crippen LogP contribution in [0.5, 0.6) is 0 Å². The fourth-order valence-electron chi connectivity index (χ4n) is 1.94. The van der Waals surface area contributed by atoms with Gasteiger partial charge in [0.2, 0.25) is 0 Å². The van der Waals surface area contributed by atoms with E-state index in [0.29, 0.717) is 11.6 Å². The Morgan fingerprint density at radius 2 is 2.39 bits per heavy atom. The van der Waals surface area contributed by atoms with Crippen LogP contribution in [-0.4, -0.2) is 24.1 Å². The van der Waals surface area contributed by atoms with E-state index in [0.717, 1.165) is 31.5 Å². The van der Waals surface area contributed by atoms with Crippen molar-refractivity contribution >= 4 is 17.3 Å². The lowest BCUT2D eigenvalue weighted by molar-refractivity contribution is -0.384. The summed E-state index contributed by atoms with van der Waals surface area (Å²) >= 11 is 5.99. The molecule has 1 aliphatic rings. The van der Waals surface area contributed by atoms with Crippen molar-refractivity contribution in [2.45, 2.75) is 25.6 Å². The Morgan fingerprint density at radius 3 is 3.00 bits per heavy atom. The lowest BCUT2D eigenvalue weighted by Gasteiger charge is -2.23. The number of piperidine rings is 1. The van der Waals surface area contributed by atoms with Gasteiger partial charge in [-0.1, -0.05) is 11.6 Å². The minimum absolute atomic E-state index is 0.00285. The summed E-state index contributed by atoms with van der Waals surface area (Å²) in [6, 6.07) is 4.46. The highest BCUT2D eigenvalue weighted by atomic mass is 35.5.